The van der Waals surface area contributed by atoms with Crippen molar-refractivity contribution >= 4 is 18.2 Å². The number of nitrogens with two attached hydrogens (primary N) is 1. The zero-order valence-electron chi connectivity index (χ0n) is 34.1. The summed E-state index contributed by atoms with van der Waals surface area (Å²) in [6.45, 7) is 4.91. The highest BCUT2D eigenvalue weighted by atomic mass is 16.5. The van der Waals surface area contributed by atoms with E-state index in [4.69, 9.17) is 20.2 Å². The molecule has 0 radical (unpaired) electrons. The topological polar surface area (TPSA) is 130 Å². The van der Waals surface area contributed by atoms with Gasteiger partial charge in [0.05, 0.1) is 23.1 Å². The number of carbonyl (C=O) groups excluding carboxylic acids is 1. The van der Waals surface area contributed by atoms with Crippen LogP contribution in [0.25, 0.3) is 0 Å². The number of rotatable bonds is 13. The number of aliphatic hydroxyl groups is 2. The second kappa shape index (κ2) is 17.7. The molecule has 8 rings (SSSR count). The fraction of sp³-hybridized carbons (Fsp3) is 0.531. The number of ether oxygens (including phenoxy) is 2. The second-order valence-electron chi connectivity index (χ2n) is 17.1. The highest BCUT2D eigenvalue weighted by Gasteiger charge is 2.48. The molecule has 1 fully saturated rings. The van der Waals surface area contributed by atoms with Gasteiger partial charge in [0.1, 0.15) is 24.2 Å². The normalized spacial score (nSPS) is 24.4. The van der Waals surface area contributed by atoms with Gasteiger partial charge in [0, 0.05) is 55.9 Å². The van der Waals surface area contributed by atoms with Crippen molar-refractivity contribution in [2.45, 2.75) is 141 Å². The number of nitrogens with zero attached hydrogens (tertiary/aromatic N) is 3. The molecule has 1 spiro atoms. The number of aliphatic hydroxyl groups excluding tert-OH is 2. The van der Waals surface area contributed by atoms with Crippen molar-refractivity contribution in [1.29, 1.82) is 0 Å². The molecule has 304 valence electrons. The highest BCUT2D eigenvalue weighted by Crippen LogP contribution is 2.49. The quantitative estimate of drug-likeness (QED) is 0.139. The number of unbranched alkanes of at least 4 members (excludes halogenated alkanes) is 4. The van der Waals surface area contributed by atoms with Gasteiger partial charge in [0.25, 0.3) is 0 Å². The van der Waals surface area contributed by atoms with Gasteiger partial charge < -0.3 is 30.3 Å². The number of hydrogen-bond acceptors (Lipinski definition) is 9. The standard InChI is InChI=1S/C49H58N4O5/c1-3-5-7-11-37(42(54)12-8-6-4-2)44(56)18-13-32-14-20-45-46(27-32)58-48-40(49(24-26-57-45)22-9-10-23-49)17-19-43(55)35-15-16-36-34(21-25-51-47(36)50)38(35)28-33-29-52-41-31-53(48)30-39(33)41/h14-16,20,25,27,29,31,37,40,42-43,47-48,54-55H,3-13,18,21-23,28,30,50H2,1-2H3/t37-,40+,42-,43+,47+,48-/m1/s1. The number of benzene rings is 2. The molecule has 0 saturated heterocycles. The van der Waals surface area contributed by atoms with E-state index >= 15 is 0 Å². The minimum Gasteiger partial charge on any atom is -0.465 e. The van der Waals surface area contributed by atoms with Crippen LogP contribution in [0.5, 0.6) is 11.5 Å². The predicted octanol–water partition coefficient (Wildman–Crippen LogP) is 7.98. The second-order valence-corrected chi connectivity index (χ2v) is 17.1. The first kappa shape index (κ1) is 40.1. The monoisotopic (exact) mass is 782 g/mol. The van der Waals surface area contributed by atoms with Gasteiger partial charge in [-0.2, -0.15) is 0 Å². The Labute approximate surface area is 343 Å². The predicted molar refractivity (Wildman–Crippen MR) is 227 cm³/mol. The Bertz CT molecular complexity index is 2140. The molecule has 0 amide bonds. The van der Waals surface area contributed by atoms with Crippen molar-refractivity contribution in [3.8, 4) is 35.4 Å². The summed E-state index contributed by atoms with van der Waals surface area (Å²) in [6.07, 6.45) is 19.7. The first-order valence-corrected chi connectivity index (χ1v) is 21.8. The number of hydrogen-bond donors (Lipinski definition) is 3. The smallest absolute Gasteiger partial charge is 0.187 e. The van der Waals surface area contributed by atoms with Gasteiger partial charge in [-0.3, -0.25) is 14.8 Å². The van der Waals surface area contributed by atoms with E-state index in [0.717, 1.165) is 115 Å². The van der Waals surface area contributed by atoms with Crippen LogP contribution in [0.4, 0.5) is 0 Å². The van der Waals surface area contributed by atoms with Crippen molar-refractivity contribution in [1.82, 2.24) is 4.90 Å². The molecule has 2 aromatic rings. The number of aryl methyl sites for hydroxylation is 1. The summed E-state index contributed by atoms with van der Waals surface area (Å²) in [5.41, 5.74) is 13.9. The van der Waals surface area contributed by atoms with E-state index in [1.54, 1.807) is 0 Å². The van der Waals surface area contributed by atoms with Gasteiger partial charge >= 0.3 is 0 Å². The van der Waals surface area contributed by atoms with E-state index in [1.165, 1.54) is 0 Å². The Balaban J connectivity index is 1.13. The van der Waals surface area contributed by atoms with E-state index in [1.807, 2.05) is 42.8 Å². The summed E-state index contributed by atoms with van der Waals surface area (Å²) in [5.74, 6) is 10.9. The summed E-state index contributed by atoms with van der Waals surface area (Å²) in [6, 6.07) is 9.82. The van der Waals surface area contributed by atoms with E-state index < -0.39 is 35.9 Å². The largest absolute Gasteiger partial charge is 0.465 e. The number of aliphatic imine (C=N–C) groups is 2. The molecule has 2 aromatic carbocycles. The minimum absolute atomic E-state index is 0.126. The van der Waals surface area contributed by atoms with Gasteiger partial charge in [-0.15, -0.1) is 0 Å². The summed E-state index contributed by atoms with van der Waals surface area (Å²) < 4.78 is 13.3. The van der Waals surface area contributed by atoms with E-state index in [-0.39, 0.29) is 11.7 Å². The molecule has 2 bridgehead atoms. The molecule has 1 saturated carbocycles. The maximum Gasteiger partial charge on any atom is 0.187 e. The molecule has 4 N–H and O–H groups in total. The third kappa shape index (κ3) is 8.15. The van der Waals surface area contributed by atoms with Crippen LogP contribution in [0, 0.1) is 41.1 Å². The molecular weight excluding hydrogens is 725 g/mol. The number of carbonyl (C=O) groups is 1. The molecule has 9 heteroatoms. The maximum absolute atomic E-state index is 13.8. The Morgan fingerprint density at radius 1 is 1.02 bits per heavy atom. The van der Waals surface area contributed by atoms with Crippen LogP contribution in [0.2, 0.25) is 0 Å². The van der Waals surface area contributed by atoms with Crippen molar-refractivity contribution in [3.63, 3.8) is 0 Å². The summed E-state index contributed by atoms with van der Waals surface area (Å²) >= 11 is 0. The SMILES string of the molecule is CCCCC[C@@H](O)[C@@H](CCCCC)C(=O)CCc1ccc2c(c1)O[C@@H]1[C@H](C#C[C@H](O)c3ccc4c(c3CC3=C5CN1C=C5N=C3)CC=N[C@@H]4N)C1(C#CO2)CCCC1. The minimum atomic E-state index is -1.04. The average Bonchev–Trinajstić information content (AvgIpc) is 3.97. The van der Waals surface area contributed by atoms with Crippen molar-refractivity contribution in [2.24, 2.45) is 33.0 Å². The van der Waals surface area contributed by atoms with Crippen LogP contribution in [0.15, 0.2) is 63.4 Å². The molecular formula is C49H58N4O5. The maximum atomic E-state index is 13.8. The molecule has 1 aliphatic carbocycles. The fourth-order valence-corrected chi connectivity index (χ4v) is 9.92. The number of fused-ring (bicyclic) bond motifs is 8. The van der Waals surface area contributed by atoms with Gasteiger partial charge in [-0.05, 0) is 77.6 Å². The Hall–Kier alpha value is -4.67. The van der Waals surface area contributed by atoms with Crippen LogP contribution in [-0.4, -0.2) is 52.2 Å². The van der Waals surface area contributed by atoms with Crippen LogP contribution in [0.1, 0.15) is 137 Å². The van der Waals surface area contributed by atoms with Crippen molar-refractivity contribution in [3.05, 3.63) is 81.2 Å². The third-order valence-corrected chi connectivity index (χ3v) is 13.3. The lowest BCUT2D eigenvalue weighted by atomic mass is 9.73. The first-order chi connectivity index (χ1) is 28.3. The number of Topliss-reactive ketones (excluding diaryl/α,β-unsaturated/α-hetero) is 1. The first-order valence-electron chi connectivity index (χ1n) is 21.8. The molecule has 58 heavy (non-hydrogen) atoms. The van der Waals surface area contributed by atoms with E-state index in [0.29, 0.717) is 50.1 Å². The van der Waals surface area contributed by atoms with Gasteiger partial charge in [0.15, 0.2) is 17.7 Å². The average molecular weight is 783 g/mol. The van der Waals surface area contributed by atoms with Gasteiger partial charge in [0.2, 0.25) is 0 Å². The van der Waals surface area contributed by atoms with Crippen LogP contribution in [0.3, 0.4) is 0 Å². The lowest BCUT2D eigenvalue weighted by Gasteiger charge is -2.39. The molecule has 9 nitrogen and oxygen atoms in total. The summed E-state index contributed by atoms with van der Waals surface area (Å²) in [5, 5.41) is 23.1. The molecule has 5 aliphatic heterocycles. The van der Waals surface area contributed by atoms with Crippen molar-refractivity contribution < 1.29 is 24.5 Å². The lowest BCUT2D eigenvalue weighted by molar-refractivity contribution is -0.126. The van der Waals surface area contributed by atoms with Gasteiger partial charge in [-0.25, -0.2) is 0 Å². The van der Waals surface area contributed by atoms with E-state index in [9.17, 15) is 15.0 Å². The Morgan fingerprint density at radius 2 is 1.81 bits per heavy atom. The molecule has 0 unspecified atom stereocenters. The fourth-order valence-electron chi connectivity index (χ4n) is 9.92. The number of allylic oxidation sites excluding steroid dienone is 1. The van der Waals surface area contributed by atoms with Crippen LogP contribution in [-0.2, 0) is 24.1 Å². The summed E-state index contributed by atoms with van der Waals surface area (Å²) in [4.78, 5) is 25.3. The molecule has 5 heterocycles. The van der Waals surface area contributed by atoms with Crippen LogP contribution >= 0.6 is 0 Å². The van der Waals surface area contributed by atoms with Gasteiger partial charge in [-0.1, -0.05) is 101 Å². The van der Waals surface area contributed by atoms with Crippen LogP contribution < -0.4 is 15.2 Å². The summed E-state index contributed by atoms with van der Waals surface area (Å²) in [7, 11) is 0. The highest BCUT2D eigenvalue weighted by molar-refractivity contribution is 5.88. The molecule has 0 aromatic heterocycles. The molecule has 6 aliphatic rings. The zero-order valence-corrected chi connectivity index (χ0v) is 34.1. The van der Waals surface area contributed by atoms with Crippen molar-refractivity contribution in [2.75, 3.05) is 6.54 Å². The zero-order chi connectivity index (χ0) is 40.2. The Kier molecular flexibility index (Phi) is 12.2. The lowest BCUT2D eigenvalue weighted by Crippen LogP contribution is -2.47. The Morgan fingerprint density at radius 3 is 2.62 bits per heavy atom. The molecule has 6 atom stereocenters. The number of ketones is 1. The van der Waals surface area contributed by atoms with E-state index in [2.05, 4.69) is 53.8 Å². The third-order valence-electron chi connectivity index (χ3n) is 13.3.